The number of fused-ring (bicyclic) bond motifs is 1. The molecule has 0 aliphatic rings. The molecule has 0 saturated heterocycles. The fraction of sp³-hybridized carbons (Fsp3) is 0.143. The fourth-order valence-corrected chi connectivity index (χ4v) is 2.37. The normalized spacial score (nSPS) is 10.9. The van der Waals surface area contributed by atoms with Crippen molar-refractivity contribution in [1.29, 1.82) is 0 Å². The van der Waals surface area contributed by atoms with Crippen molar-refractivity contribution < 1.29 is 5.11 Å². The second kappa shape index (κ2) is 5.13. The lowest BCUT2D eigenvalue weighted by Gasteiger charge is -2.05. The Balaban J connectivity index is 1.84. The Kier molecular flexibility index (Phi) is 3.31. The number of pyridine rings is 1. The van der Waals surface area contributed by atoms with Gasteiger partial charge in [-0.3, -0.25) is 4.98 Å². The van der Waals surface area contributed by atoms with Crippen LogP contribution in [0, 0.1) is 0 Å². The van der Waals surface area contributed by atoms with Gasteiger partial charge in [-0.1, -0.05) is 15.9 Å². The number of rotatable bonds is 3. The summed E-state index contributed by atoms with van der Waals surface area (Å²) in [6.45, 7) is 0.554. The van der Waals surface area contributed by atoms with E-state index in [1.165, 1.54) is 6.20 Å². The molecular formula is C14H13BrN4O. The zero-order valence-electron chi connectivity index (χ0n) is 10.8. The van der Waals surface area contributed by atoms with Crippen molar-refractivity contribution in [3.63, 3.8) is 0 Å². The third-order valence-electron chi connectivity index (χ3n) is 3.08. The second-order valence-corrected chi connectivity index (χ2v) is 5.40. The summed E-state index contributed by atoms with van der Waals surface area (Å²) in [5.74, 6) is 0.953. The predicted molar refractivity (Wildman–Crippen MR) is 81.6 cm³/mol. The monoisotopic (exact) mass is 332 g/mol. The molecule has 1 aromatic carbocycles. The van der Waals surface area contributed by atoms with Crippen LogP contribution in [-0.4, -0.2) is 19.6 Å². The van der Waals surface area contributed by atoms with E-state index in [2.05, 4.69) is 31.2 Å². The second-order valence-electron chi connectivity index (χ2n) is 4.49. The first kappa shape index (κ1) is 12.9. The first-order valence-electron chi connectivity index (χ1n) is 6.13. The van der Waals surface area contributed by atoms with Gasteiger partial charge in [-0.2, -0.15) is 0 Å². The molecule has 6 heteroatoms. The minimum atomic E-state index is 0.168. The Bertz CT molecular complexity index is 752. The highest BCUT2D eigenvalue weighted by Gasteiger charge is 2.07. The molecule has 2 aromatic heterocycles. The highest BCUT2D eigenvalue weighted by Crippen LogP contribution is 2.22. The Labute approximate surface area is 124 Å². The standard InChI is InChI=1S/C14H13BrN4O/c1-19-13-5-2-9(15)6-12(13)18-14(19)17-7-10-3-4-11(20)8-16-10/h2-6,8,20H,7H2,1H3,(H,17,18). The van der Waals surface area contributed by atoms with Crippen molar-refractivity contribution in [1.82, 2.24) is 14.5 Å². The quantitative estimate of drug-likeness (QED) is 0.773. The van der Waals surface area contributed by atoms with Crippen molar-refractivity contribution in [3.05, 3.63) is 46.7 Å². The number of hydrogen-bond acceptors (Lipinski definition) is 4. The van der Waals surface area contributed by atoms with Crippen LogP contribution >= 0.6 is 15.9 Å². The SMILES string of the molecule is Cn1c(NCc2ccc(O)cn2)nc2cc(Br)ccc21. The number of aryl methyl sites for hydroxylation is 1. The molecule has 0 bridgehead atoms. The summed E-state index contributed by atoms with van der Waals surface area (Å²) in [7, 11) is 1.97. The van der Waals surface area contributed by atoms with Gasteiger partial charge < -0.3 is 15.0 Å². The summed E-state index contributed by atoms with van der Waals surface area (Å²) >= 11 is 3.45. The fourth-order valence-electron chi connectivity index (χ4n) is 2.02. The Morgan fingerprint density at radius 2 is 2.15 bits per heavy atom. The molecule has 0 saturated carbocycles. The zero-order valence-corrected chi connectivity index (χ0v) is 12.4. The highest BCUT2D eigenvalue weighted by atomic mass is 79.9. The van der Waals surface area contributed by atoms with E-state index in [9.17, 15) is 5.11 Å². The van der Waals surface area contributed by atoms with Crippen LogP contribution in [0.2, 0.25) is 0 Å². The van der Waals surface area contributed by atoms with Crippen LogP contribution < -0.4 is 5.32 Å². The molecule has 2 heterocycles. The maximum Gasteiger partial charge on any atom is 0.203 e. The maximum absolute atomic E-state index is 9.20. The average molecular weight is 333 g/mol. The largest absolute Gasteiger partial charge is 0.506 e. The van der Waals surface area contributed by atoms with E-state index in [1.54, 1.807) is 12.1 Å². The van der Waals surface area contributed by atoms with E-state index in [0.717, 1.165) is 27.1 Å². The van der Waals surface area contributed by atoms with Crippen molar-refractivity contribution in [2.45, 2.75) is 6.54 Å². The highest BCUT2D eigenvalue weighted by molar-refractivity contribution is 9.10. The van der Waals surface area contributed by atoms with E-state index in [1.807, 2.05) is 29.8 Å². The van der Waals surface area contributed by atoms with Gasteiger partial charge in [0.05, 0.1) is 29.5 Å². The molecule has 0 unspecified atom stereocenters. The molecular weight excluding hydrogens is 320 g/mol. The van der Waals surface area contributed by atoms with Gasteiger partial charge in [-0.05, 0) is 30.3 Å². The molecule has 0 aliphatic heterocycles. The summed E-state index contributed by atoms with van der Waals surface area (Å²) in [6.07, 6.45) is 1.43. The molecule has 3 aromatic rings. The summed E-state index contributed by atoms with van der Waals surface area (Å²) in [5, 5.41) is 12.5. The van der Waals surface area contributed by atoms with Crippen LogP contribution in [0.3, 0.4) is 0 Å². The number of hydrogen-bond donors (Lipinski definition) is 2. The third kappa shape index (κ3) is 2.46. The van der Waals surface area contributed by atoms with Crippen molar-refractivity contribution >= 4 is 32.9 Å². The van der Waals surface area contributed by atoms with E-state index in [4.69, 9.17) is 0 Å². The number of imidazole rings is 1. The summed E-state index contributed by atoms with van der Waals surface area (Å²) in [5.41, 5.74) is 2.84. The smallest absolute Gasteiger partial charge is 0.203 e. The first-order valence-corrected chi connectivity index (χ1v) is 6.92. The Morgan fingerprint density at radius 3 is 2.90 bits per heavy atom. The zero-order chi connectivity index (χ0) is 14.1. The summed E-state index contributed by atoms with van der Waals surface area (Å²) in [4.78, 5) is 8.68. The van der Waals surface area contributed by atoms with Gasteiger partial charge in [0.2, 0.25) is 5.95 Å². The van der Waals surface area contributed by atoms with Crippen LogP contribution in [0.15, 0.2) is 41.0 Å². The number of aromatic nitrogens is 3. The van der Waals surface area contributed by atoms with Crippen molar-refractivity contribution in [2.75, 3.05) is 5.32 Å². The van der Waals surface area contributed by atoms with Gasteiger partial charge in [0.1, 0.15) is 5.75 Å². The Morgan fingerprint density at radius 1 is 1.30 bits per heavy atom. The average Bonchev–Trinajstić information content (AvgIpc) is 2.74. The number of anilines is 1. The third-order valence-corrected chi connectivity index (χ3v) is 3.57. The number of aromatic hydroxyl groups is 1. The molecule has 0 aliphatic carbocycles. The lowest BCUT2D eigenvalue weighted by Crippen LogP contribution is -2.06. The number of benzene rings is 1. The molecule has 0 spiro atoms. The number of nitrogens with one attached hydrogen (secondary N) is 1. The minimum absolute atomic E-state index is 0.168. The molecule has 0 fully saturated rings. The van der Waals surface area contributed by atoms with Gasteiger partial charge in [-0.15, -0.1) is 0 Å². The molecule has 0 amide bonds. The molecule has 3 rings (SSSR count). The van der Waals surface area contributed by atoms with E-state index in [0.29, 0.717) is 6.54 Å². The van der Waals surface area contributed by atoms with E-state index < -0.39 is 0 Å². The topological polar surface area (TPSA) is 63.0 Å². The maximum atomic E-state index is 9.20. The predicted octanol–water partition coefficient (Wildman–Crippen LogP) is 3.05. The number of nitrogens with zero attached hydrogens (tertiary/aromatic N) is 3. The van der Waals surface area contributed by atoms with Gasteiger partial charge in [0.15, 0.2) is 0 Å². The molecule has 20 heavy (non-hydrogen) atoms. The van der Waals surface area contributed by atoms with Gasteiger partial charge >= 0.3 is 0 Å². The minimum Gasteiger partial charge on any atom is -0.506 e. The molecule has 5 nitrogen and oxygen atoms in total. The van der Waals surface area contributed by atoms with Gasteiger partial charge in [-0.25, -0.2) is 4.98 Å². The molecule has 0 atom stereocenters. The number of halogens is 1. The summed E-state index contributed by atoms with van der Waals surface area (Å²) in [6, 6.07) is 9.41. The first-order chi connectivity index (χ1) is 9.63. The van der Waals surface area contributed by atoms with Crippen LogP contribution in [0.4, 0.5) is 5.95 Å². The van der Waals surface area contributed by atoms with E-state index >= 15 is 0 Å². The molecule has 0 radical (unpaired) electrons. The Hall–Kier alpha value is -2.08. The van der Waals surface area contributed by atoms with Gasteiger partial charge in [0, 0.05) is 11.5 Å². The van der Waals surface area contributed by atoms with Crippen LogP contribution in [0.5, 0.6) is 5.75 Å². The molecule has 102 valence electrons. The van der Waals surface area contributed by atoms with E-state index in [-0.39, 0.29) is 5.75 Å². The lowest BCUT2D eigenvalue weighted by atomic mass is 10.3. The van der Waals surface area contributed by atoms with Crippen molar-refractivity contribution in [3.8, 4) is 5.75 Å². The summed E-state index contributed by atoms with van der Waals surface area (Å²) < 4.78 is 3.01. The van der Waals surface area contributed by atoms with Crippen LogP contribution in [-0.2, 0) is 13.6 Å². The van der Waals surface area contributed by atoms with Crippen LogP contribution in [0.1, 0.15) is 5.69 Å². The molecule has 2 N–H and O–H groups in total. The van der Waals surface area contributed by atoms with Crippen LogP contribution in [0.25, 0.3) is 11.0 Å². The van der Waals surface area contributed by atoms with Gasteiger partial charge in [0.25, 0.3) is 0 Å². The lowest BCUT2D eigenvalue weighted by molar-refractivity contribution is 0.472. The van der Waals surface area contributed by atoms with Crippen molar-refractivity contribution in [2.24, 2.45) is 7.05 Å².